The van der Waals surface area contributed by atoms with Crippen molar-refractivity contribution in [2.75, 3.05) is 19.8 Å². The van der Waals surface area contributed by atoms with Gasteiger partial charge in [-0.05, 0) is 93.3 Å². The highest BCUT2D eigenvalue weighted by Gasteiger charge is 2.76. The van der Waals surface area contributed by atoms with Crippen LogP contribution in [0.1, 0.15) is 122 Å². The number of rotatable bonds is 16. The average molecular weight is 1290 g/mol. The van der Waals surface area contributed by atoms with Crippen LogP contribution >= 0.6 is 0 Å². The summed E-state index contributed by atoms with van der Waals surface area (Å²) in [5, 5.41) is 147. The number of hydrogen-bond acceptors (Lipinski definition) is 27. The maximum absolute atomic E-state index is 13.3. The highest BCUT2D eigenvalue weighted by atomic mass is 16.8. The molecule has 0 spiro atoms. The lowest BCUT2D eigenvalue weighted by Gasteiger charge is -2.73. The molecule has 4 saturated carbocycles. The second-order valence-corrected chi connectivity index (χ2v) is 28.6. The van der Waals surface area contributed by atoms with Crippen LogP contribution in [0.15, 0.2) is 23.3 Å². The first-order valence-electron chi connectivity index (χ1n) is 31.3. The van der Waals surface area contributed by atoms with Crippen molar-refractivity contribution in [2.45, 2.75) is 269 Å². The summed E-state index contributed by atoms with van der Waals surface area (Å²) >= 11 is 0. The molecule has 512 valence electrons. The average Bonchev–Trinajstić information content (AvgIpc) is 0.710. The van der Waals surface area contributed by atoms with Crippen molar-refractivity contribution < 1.29 is 138 Å². The highest BCUT2D eigenvalue weighted by Crippen LogP contribution is 2.76. The minimum atomic E-state index is -2.16. The van der Waals surface area contributed by atoms with E-state index in [1.807, 2.05) is 34.6 Å². The van der Waals surface area contributed by atoms with E-state index < -0.39 is 229 Å². The van der Waals surface area contributed by atoms with Crippen LogP contribution in [0.25, 0.3) is 0 Å². The number of aliphatic hydroxyl groups is 12. The van der Waals surface area contributed by atoms with Crippen LogP contribution in [0.4, 0.5) is 0 Å². The fourth-order valence-corrected chi connectivity index (χ4v) is 17.9. The van der Waals surface area contributed by atoms with Crippen molar-refractivity contribution in [3.8, 4) is 0 Å². The molecule has 8 fully saturated rings. The summed E-state index contributed by atoms with van der Waals surface area (Å²) < 4.78 is 67.1. The number of carbonyl (C=O) groups excluding carboxylic acids is 3. The van der Waals surface area contributed by atoms with Crippen molar-refractivity contribution >= 4 is 23.9 Å². The fourth-order valence-electron chi connectivity index (χ4n) is 17.9. The van der Waals surface area contributed by atoms with Crippen LogP contribution in [0, 0.1) is 50.2 Å². The van der Waals surface area contributed by atoms with Crippen molar-refractivity contribution in [3.63, 3.8) is 0 Å². The molecule has 0 aromatic heterocycles. The van der Waals surface area contributed by atoms with Gasteiger partial charge < -0.3 is 118 Å². The Hall–Kier alpha value is -3.44. The Morgan fingerprint density at radius 2 is 1.18 bits per heavy atom. The molecule has 9 rings (SSSR count). The predicted octanol–water partition coefficient (Wildman–Crippen LogP) is -1.26. The number of ether oxygens (including phenoxy) is 11. The zero-order valence-electron chi connectivity index (χ0n) is 53.0. The molecule has 4 aliphatic heterocycles. The predicted molar refractivity (Wildman–Crippen MR) is 304 cm³/mol. The Kier molecular flexibility index (Phi) is 20.4. The van der Waals surface area contributed by atoms with Crippen LogP contribution in [0.3, 0.4) is 0 Å². The number of carbonyl (C=O) groups is 4. The zero-order chi connectivity index (χ0) is 66.6. The van der Waals surface area contributed by atoms with Gasteiger partial charge in [-0.15, -0.1) is 0 Å². The Morgan fingerprint density at radius 3 is 1.74 bits per heavy atom. The molecule has 0 radical (unpaired) electrons. The topological polar surface area (TPSA) is 433 Å². The maximum Gasteiger partial charge on any atom is 0.335 e. The normalized spacial score (nSPS) is 49.8. The van der Waals surface area contributed by atoms with E-state index in [1.165, 1.54) is 26.8 Å². The van der Waals surface area contributed by atoms with Crippen molar-refractivity contribution in [1.82, 2.24) is 0 Å². The number of hydrogen-bond donors (Lipinski definition) is 13. The summed E-state index contributed by atoms with van der Waals surface area (Å²) in [7, 11) is 0. The number of allylic oxidation sites excluding steroid dienone is 2. The lowest BCUT2D eigenvalue weighted by molar-refractivity contribution is -0.386. The van der Waals surface area contributed by atoms with E-state index in [0.717, 1.165) is 12.5 Å². The number of esters is 3. The number of fused-ring (bicyclic) bond motifs is 7. The van der Waals surface area contributed by atoms with E-state index in [4.69, 9.17) is 52.1 Å². The summed E-state index contributed by atoms with van der Waals surface area (Å²) in [4.78, 5) is 51.9. The molecule has 0 aromatic rings. The van der Waals surface area contributed by atoms with Gasteiger partial charge in [0.25, 0.3) is 0 Å². The van der Waals surface area contributed by atoms with Crippen LogP contribution in [-0.4, -0.2) is 257 Å². The number of carboxylic acid groups (broad SMARTS) is 1. The lowest BCUT2D eigenvalue weighted by atomic mass is 9.32. The molecule has 3 unspecified atom stereocenters. The first-order chi connectivity index (χ1) is 42.0. The molecule has 31 atom stereocenters. The Labute approximate surface area is 522 Å². The van der Waals surface area contributed by atoms with E-state index in [2.05, 4.69) is 19.9 Å². The van der Waals surface area contributed by atoms with Gasteiger partial charge in [-0.25, -0.2) is 9.59 Å². The molecule has 9 aliphatic rings. The Balaban J connectivity index is 1.05. The number of aliphatic carboxylic acids is 1. The van der Waals surface area contributed by atoms with E-state index in [-0.39, 0.29) is 30.3 Å². The van der Waals surface area contributed by atoms with Crippen LogP contribution in [0.5, 0.6) is 0 Å². The largest absolute Gasteiger partial charge is 0.479 e. The van der Waals surface area contributed by atoms with Gasteiger partial charge in [0.15, 0.2) is 43.5 Å². The van der Waals surface area contributed by atoms with Gasteiger partial charge in [0, 0.05) is 30.3 Å². The van der Waals surface area contributed by atoms with Gasteiger partial charge >= 0.3 is 23.9 Å². The molecule has 4 heterocycles. The van der Waals surface area contributed by atoms with Crippen molar-refractivity contribution in [3.05, 3.63) is 23.3 Å². The SMILES string of the molecule is C/C=C(/C)C(=O)O[C@H]1[C@H](O)[C@@H](O[C@@H]2[C@H](OC(C)=O)C(C)(C)CC3C4=CCC5[C@@]6(C)CC[C@H](O[C@H]7O[C@H](C(=O)O)[C@@H](O)[C@H](O[C@H]8O[C@H](CO)[C@@H](O)[C@@H]8O)[C@H]7O[C@@H]7O[C@H](CO)[C@H](O)[C@H](O)[C@H]7O)C(C)(C)C6CC[C@@]5(C)[C@]4(C)[C@H](O)[C@H](O)[C@]32CO)O[C@@H](C)[C@@H]1OC(C)=O. The number of carboxylic acids is 1. The second kappa shape index (κ2) is 25.9. The highest BCUT2D eigenvalue weighted by molar-refractivity contribution is 5.87. The second-order valence-electron chi connectivity index (χ2n) is 28.6. The van der Waals surface area contributed by atoms with Gasteiger partial charge in [0.05, 0.1) is 49.7 Å². The zero-order valence-corrected chi connectivity index (χ0v) is 53.0. The molecule has 28 nitrogen and oxygen atoms in total. The maximum atomic E-state index is 13.3. The molecule has 4 saturated heterocycles. The van der Waals surface area contributed by atoms with Gasteiger partial charge in [0.1, 0.15) is 79.4 Å². The van der Waals surface area contributed by atoms with E-state index in [0.29, 0.717) is 25.7 Å². The molecule has 0 aromatic carbocycles. The molecular formula is C62H96O28. The molecule has 13 N–H and O–H groups in total. The number of aliphatic hydroxyl groups excluding tert-OH is 12. The van der Waals surface area contributed by atoms with E-state index in [9.17, 15) is 85.6 Å². The molecule has 5 aliphatic carbocycles. The first-order valence-corrected chi connectivity index (χ1v) is 31.3. The summed E-state index contributed by atoms with van der Waals surface area (Å²) in [5.41, 5.74) is -5.44. The smallest absolute Gasteiger partial charge is 0.335 e. The third kappa shape index (κ3) is 11.5. The van der Waals surface area contributed by atoms with Gasteiger partial charge in [-0.2, -0.15) is 0 Å². The van der Waals surface area contributed by atoms with Crippen LogP contribution < -0.4 is 0 Å². The minimum absolute atomic E-state index is 0.183. The van der Waals surface area contributed by atoms with E-state index >= 15 is 0 Å². The van der Waals surface area contributed by atoms with Crippen LogP contribution in [0.2, 0.25) is 0 Å². The van der Waals surface area contributed by atoms with Gasteiger partial charge in [-0.1, -0.05) is 66.2 Å². The molecular weight excluding hydrogens is 1190 g/mol. The molecule has 90 heavy (non-hydrogen) atoms. The van der Waals surface area contributed by atoms with Crippen LogP contribution in [-0.2, 0) is 71.3 Å². The van der Waals surface area contributed by atoms with Gasteiger partial charge in [0.2, 0.25) is 0 Å². The summed E-state index contributed by atoms with van der Waals surface area (Å²) in [6.07, 6.45) is -34.5. The molecule has 28 heteroatoms. The third-order valence-electron chi connectivity index (χ3n) is 23.0. The standard InChI is InChI=1S/C62H96O28/c1-13-24(2)52(79)86-44-41(74)55(80-25(3)42(44)81-26(4)66)90-50-49(82-27(5)67)57(6,7)20-29-28-14-15-33-59(10)18-17-34(58(8,9)32(59)16-19-60(33,11)61(28,12)47(75)48(76)62(29,50)23-65)85-56-46(89-54-39(72)37(70)35(68)30(21-63)83-54)43(40(73)45(88-56)51(77)78)87-53-38(71)36(69)31(22-64)84-53/h13-14,25,29-50,53-56,63-65,68-76H,15-23H2,1-12H3,(H,77,78)/b24-13-/t25-,29?,30+,31+,32?,33?,34-,35-,36+,37-,38-,39+,40-,41-,42-,43-,44-,45-,46+,47+,48-,49-,50+,53+,54-,55+,56-,59-,60+,61-,62-/m0/s1. The Morgan fingerprint density at radius 1 is 0.600 bits per heavy atom. The Bertz CT molecular complexity index is 2690. The monoisotopic (exact) mass is 1290 g/mol. The summed E-state index contributed by atoms with van der Waals surface area (Å²) in [5.74, 6) is -5.22. The fraction of sp³-hybridized carbons (Fsp3) is 0.871. The van der Waals surface area contributed by atoms with Crippen molar-refractivity contribution in [2.24, 2.45) is 50.2 Å². The minimum Gasteiger partial charge on any atom is -0.479 e. The summed E-state index contributed by atoms with van der Waals surface area (Å²) in [6, 6.07) is 0. The summed E-state index contributed by atoms with van der Waals surface area (Å²) in [6.45, 7) is 18.4. The lowest BCUT2D eigenvalue weighted by Crippen LogP contribution is -2.77. The van der Waals surface area contributed by atoms with E-state index in [1.54, 1.807) is 6.92 Å². The molecule has 0 amide bonds. The third-order valence-corrected chi connectivity index (χ3v) is 23.0. The van der Waals surface area contributed by atoms with Gasteiger partial charge in [-0.3, -0.25) is 9.59 Å². The quantitative estimate of drug-likeness (QED) is 0.0282. The molecule has 0 bridgehead atoms. The van der Waals surface area contributed by atoms with Crippen molar-refractivity contribution in [1.29, 1.82) is 0 Å². The first kappa shape index (κ1) is 70.9.